The summed E-state index contributed by atoms with van der Waals surface area (Å²) in [6.07, 6.45) is 1.60. The maximum atomic E-state index is 13.6. The first-order valence-corrected chi connectivity index (χ1v) is 7.50. The number of amides is 1. The Morgan fingerprint density at radius 1 is 1.35 bits per heavy atom. The van der Waals surface area contributed by atoms with Gasteiger partial charge in [0.1, 0.15) is 16.5 Å². The van der Waals surface area contributed by atoms with Crippen LogP contribution in [-0.4, -0.2) is 37.2 Å². The van der Waals surface area contributed by atoms with E-state index in [-0.39, 0.29) is 11.6 Å². The first kappa shape index (κ1) is 14.4. The third-order valence-electron chi connectivity index (χ3n) is 2.78. The molecule has 2 N–H and O–H groups in total. The van der Waals surface area contributed by atoms with Crippen molar-refractivity contribution in [2.45, 2.75) is 23.8 Å². The summed E-state index contributed by atoms with van der Waals surface area (Å²) in [5.74, 6) is -4.06. The molecular formula is C12H12FNO5S. The summed E-state index contributed by atoms with van der Waals surface area (Å²) in [5, 5.41) is 11.3. The number of nitrogens with one attached hydrogen (secondary N) is 1. The van der Waals surface area contributed by atoms with Crippen molar-refractivity contribution >= 4 is 21.7 Å². The van der Waals surface area contributed by atoms with Crippen LogP contribution in [0.1, 0.15) is 23.2 Å². The molecule has 1 saturated carbocycles. The lowest BCUT2D eigenvalue weighted by molar-refractivity contribution is -0.118. The molecule has 6 nitrogen and oxygen atoms in total. The summed E-state index contributed by atoms with van der Waals surface area (Å²) in [6, 6.07) is 2.43. The van der Waals surface area contributed by atoms with Gasteiger partial charge in [0, 0.05) is 6.04 Å². The van der Waals surface area contributed by atoms with E-state index in [2.05, 4.69) is 5.32 Å². The fourth-order valence-electron chi connectivity index (χ4n) is 1.62. The Morgan fingerprint density at radius 2 is 2.00 bits per heavy atom. The minimum absolute atomic E-state index is 0.00657. The minimum atomic E-state index is -4.21. The van der Waals surface area contributed by atoms with E-state index in [4.69, 9.17) is 5.11 Å². The molecule has 8 heteroatoms. The van der Waals surface area contributed by atoms with Gasteiger partial charge in [-0.2, -0.15) is 0 Å². The Hall–Kier alpha value is -1.96. The van der Waals surface area contributed by atoms with Crippen LogP contribution in [0.25, 0.3) is 0 Å². The van der Waals surface area contributed by atoms with Crippen LogP contribution in [0.15, 0.2) is 23.1 Å². The monoisotopic (exact) mass is 301 g/mol. The van der Waals surface area contributed by atoms with Crippen molar-refractivity contribution in [3.05, 3.63) is 29.6 Å². The van der Waals surface area contributed by atoms with Gasteiger partial charge in [0.25, 0.3) is 0 Å². The van der Waals surface area contributed by atoms with E-state index in [9.17, 15) is 22.4 Å². The average molecular weight is 301 g/mol. The molecule has 0 spiro atoms. The second-order valence-corrected chi connectivity index (χ2v) is 6.51. The maximum absolute atomic E-state index is 13.6. The minimum Gasteiger partial charge on any atom is -0.478 e. The van der Waals surface area contributed by atoms with Crippen molar-refractivity contribution in [1.29, 1.82) is 0 Å². The SMILES string of the molecule is O=C(CS(=O)(=O)c1cc(C(=O)O)ccc1F)NC1CC1. The maximum Gasteiger partial charge on any atom is 0.335 e. The number of carboxylic acids is 1. The molecule has 0 radical (unpaired) electrons. The van der Waals surface area contributed by atoms with Gasteiger partial charge < -0.3 is 10.4 Å². The van der Waals surface area contributed by atoms with Crippen molar-refractivity contribution in [2.24, 2.45) is 0 Å². The zero-order valence-electron chi connectivity index (χ0n) is 10.3. The van der Waals surface area contributed by atoms with Gasteiger partial charge in [-0.3, -0.25) is 4.79 Å². The molecule has 20 heavy (non-hydrogen) atoms. The molecule has 0 bridgehead atoms. The lowest BCUT2D eigenvalue weighted by atomic mass is 10.2. The average Bonchev–Trinajstić information content (AvgIpc) is 3.11. The molecule has 1 aliphatic rings. The second-order valence-electron chi connectivity index (χ2n) is 4.55. The van der Waals surface area contributed by atoms with Crippen LogP contribution < -0.4 is 5.32 Å². The van der Waals surface area contributed by atoms with Crippen LogP contribution in [-0.2, 0) is 14.6 Å². The van der Waals surface area contributed by atoms with Crippen LogP contribution in [0.5, 0.6) is 0 Å². The van der Waals surface area contributed by atoms with Crippen molar-refractivity contribution in [3.63, 3.8) is 0 Å². The van der Waals surface area contributed by atoms with E-state index in [1.165, 1.54) is 0 Å². The van der Waals surface area contributed by atoms with Gasteiger partial charge in [-0.1, -0.05) is 0 Å². The Balaban J connectivity index is 2.25. The molecule has 0 heterocycles. The van der Waals surface area contributed by atoms with Gasteiger partial charge in [0.15, 0.2) is 9.84 Å². The van der Waals surface area contributed by atoms with E-state index in [1.807, 2.05) is 0 Å². The Bertz CT molecular complexity index is 666. The van der Waals surface area contributed by atoms with Gasteiger partial charge in [-0.15, -0.1) is 0 Å². The molecule has 1 fully saturated rings. The molecule has 1 amide bonds. The molecule has 1 aromatic rings. The van der Waals surface area contributed by atoms with Crippen molar-refractivity contribution in [3.8, 4) is 0 Å². The van der Waals surface area contributed by atoms with Crippen LogP contribution in [0, 0.1) is 5.82 Å². The van der Waals surface area contributed by atoms with E-state index in [1.54, 1.807) is 0 Å². The summed E-state index contributed by atoms with van der Waals surface area (Å²) in [5.41, 5.74) is -0.354. The first-order chi connectivity index (χ1) is 9.29. The standard InChI is InChI=1S/C12H12FNO5S/c13-9-4-1-7(12(16)17)5-10(9)20(18,19)6-11(15)14-8-2-3-8/h1,4-5,8H,2-3,6H2,(H,14,15)(H,16,17). The van der Waals surface area contributed by atoms with E-state index < -0.39 is 38.2 Å². The number of carboxylic acid groups (broad SMARTS) is 1. The molecule has 0 aromatic heterocycles. The highest BCUT2D eigenvalue weighted by atomic mass is 32.2. The van der Waals surface area contributed by atoms with E-state index in [0.29, 0.717) is 0 Å². The second kappa shape index (κ2) is 5.20. The van der Waals surface area contributed by atoms with E-state index in [0.717, 1.165) is 31.0 Å². The molecule has 108 valence electrons. The number of carbonyl (C=O) groups excluding carboxylic acids is 1. The highest BCUT2D eigenvalue weighted by Crippen LogP contribution is 2.20. The molecule has 0 atom stereocenters. The van der Waals surface area contributed by atoms with Gasteiger partial charge in [0.2, 0.25) is 5.91 Å². The third kappa shape index (κ3) is 3.32. The number of hydrogen-bond acceptors (Lipinski definition) is 4. The van der Waals surface area contributed by atoms with Gasteiger partial charge in [-0.25, -0.2) is 17.6 Å². The number of hydrogen-bond donors (Lipinski definition) is 2. The lowest BCUT2D eigenvalue weighted by Crippen LogP contribution is -2.32. The summed E-state index contributed by atoms with van der Waals surface area (Å²) in [7, 11) is -4.21. The Kier molecular flexibility index (Phi) is 3.76. The topological polar surface area (TPSA) is 101 Å². The molecular weight excluding hydrogens is 289 g/mol. The summed E-state index contributed by atoms with van der Waals surface area (Å²) in [6.45, 7) is 0. The number of rotatable bonds is 5. The number of sulfone groups is 1. The zero-order valence-corrected chi connectivity index (χ0v) is 11.1. The quantitative estimate of drug-likeness (QED) is 0.828. The predicted octanol–water partition coefficient (Wildman–Crippen LogP) is 0.576. The molecule has 0 aliphatic heterocycles. The van der Waals surface area contributed by atoms with E-state index >= 15 is 0 Å². The number of benzene rings is 1. The van der Waals surface area contributed by atoms with Crippen LogP contribution in [0.2, 0.25) is 0 Å². The summed E-state index contributed by atoms with van der Waals surface area (Å²) in [4.78, 5) is 21.5. The Labute approximate surface area is 114 Å². The van der Waals surface area contributed by atoms with Crippen LogP contribution in [0.4, 0.5) is 4.39 Å². The number of aromatic carboxylic acids is 1. The predicted molar refractivity (Wildman–Crippen MR) is 66.6 cm³/mol. The summed E-state index contributed by atoms with van der Waals surface area (Å²) >= 11 is 0. The van der Waals surface area contributed by atoms with Crippen LogP contribution >= 0.6 is 0 Å². The normalized spacial score (nSPS) is 14.8. The fraction of sp³-hybridized carbons (Fsp3) is 0.333. The third-order valence-corrected chi connectivity index (χ3v) is 4.40. The van der Waals surface area contributed by atoms with Crippen molar-refractivity contribution in [2.75, 3.05) is 5.75 Å². The van der Waals surface area contributed by atoms with Gasteiger partial charge >= 0.3 is 5.97 Å². The first-order valence-electron chi connectivity index (χ1n) is 5.84. The Morgan fingerprint density at radius 3 is 2.55 bits per heavy atom. The molecule has 0 saturated heterocycles. The smallest absolute Gasteiger partial charge is 0.335 e. The van der Waals surface area contributed by atoms with Gasteiger partial charge in [-0.05, 0) is 31.0 Å². The van der Waals surface area contributed by atoms with Crippen molar-refractivity contribution < 1.29 is 27.5 Å². The lowest BCUT2D eigenvalue weighted by Gasteiger charge is -2.07. The number of halogens is 1. The molecule has 1 aliphatic carbocycles. The molecule has 1 aromatic carbocycles. The van der Waals surface area contributed by atoms with Gasteiger partial charge in [0.05, 0.1) is 5.56 Å². The number of carbonyl (C=O) groups is 2. The zero-order chi connectivity index (χ0) is 14.9. The van der Waals surface area contributed by atoms with Crippen LogP contribution in [0.3, 0.4) is 0 Å². The highest BCUT2D eigenvalue weighted by Gasteiger charge is 2.28. The largest absolute Gasteiger partial charge is 0.478 e. The molecule has 0 unspecified atom stereocenters. The fourth-order valence-corrected chi connectivity index (χ4v) is 2.88. The summed E-state index contributed by atoms with van der Waals surface area (Å²) < 4.78 is 37.4. The molecule has 2 rings (SSSR count). The highest BCUT2D eigenvalue weighted by molar-refractivity contribution is 7.92. The van der Waals surface area contributed by atoms with Crippen molar-refractivity contribution in [1.82, 2.24) is 5.32 Å².